The largest absolute Gasteiger partial charge is 0.391 e. The minimum Gasteiger partial charge on any atom is -0.391 e. The van der Waals surface area contributed by atoms with E-state index in [2.05, 4.69) is 26.0 Å². The van der Waals surface area contributed by atoms with E-state index < -0.39 is 29.4 Å². The van der Waals surface area contributed by atoms with Crippen LogP contribution in [0.15, 0.2) is 41.0 Å². The average molecular weight is 412 g/mol. The normalized spacial score (nSPS) is 12.4. The van der Waals surface area contributed by atoms with E-state index in [1.165, 1.54) is 31.3 Å². The first-order chi connectivity index (χ1) is 11.9. The maximum Gasteiger partial charge on any atom is 0.248 e. The van der Waals surface area contributed by atoms with E-state index in [1.54, 1.807) is 12.1 Å². The Kier molecular flexibility index (Phi) is 4.91. The number of nitrogens with zero attached hydrogens (tertiary/aromatic N) is 3. The molecule has 1 atom stereocenters. The van der Waals surface area contributed by atoms with Gasteiger partial charge in [-0.25, -0.2) is 9.07 Å². The van der Waals surface area contributed by atoms with Crippen LogP contribution in [-0.4, -0.2) is 26.0 Å². The van der Waals surface area contributed by atoms with Gasteiger partial charge in [0.2, 0.25) is 11.8 Å². The van der Waals surface area contributed by atoms with Crippen molar-refractivity contribution in [3.05, 3.63) is 58.6 Å². The van der Waals surface area contributed by atoms with Gasteiger partial charge >= 0.3 is 0 Å². The number of hydrogen-bond acceptors (Lipinski definition) is 3. The van der Waals surface area contributed by atoms with Crippen LogP contribution in [0.4, 0.5) is 13.2 Å². The van der Waals surface area contributed by atoms with Crippen molar-refractivity contribution in [3.8, 4) is 22.5 Å². The van der Waals surface area contributed by atoms with Crippen LogP contribution in [0.2, 0.25) is 0 Å². The molecule has 3 rings (SSSR count). The number of aliphatic hydroxyl groups is 1. The molecule has 2 aromatic heterocycles. The Bertz CT molecular complexity index is 910. The number of aliphatic hydroxyl groups excluding tert-OH is 1. The molecule has 8 heteroatoms. The SMILES string of the molecule is CC(O)Cn1nc(-c2cccc(-c3ccc(Br)cn3)c2F)c(F)c1F. The van der Waals surface area contributed by atoms with Crippen molar-refractivity contribution >= 4 is 15.9 Å². The highest BCUT2D eigenvalue weighted by Crippen LogP contribution is 2.31. The number of hydrogen-bond donors (Lipinski definition) is 1. The summed E-state index contributed by atoms with van der Waals surface area (Å²) in [6.45, 7) is 1.18. The summed E-state index contributed by atoms with van der Waals surface area (Å²) in [5, 5.41) is 13.1. The van der Waals surface area contributed by atoms with Crippen LogP contribution in [0.25, 0.3) is 22.5 Å². The molecule has 0 amide bonds. The maximum atomic E-state index is 14.9. The highest BCUT2D eigenvalue weighted by atomic mass is 79.9. The van der Waals surface area contributed by atoms with Gasteiger partial charge < -0.3 is 5.11 Å². The van der Waals surface area contributed by atoms with Crippen molar-refractivity contribution < 1.29 is 18.3 Å². The molecular weight excluding hydrogens is 399 g/mol. The third-order valence-electron chi connectivity index (χ3n) is 3.53. The Hall–Kier alpha value is -2.19. The van der Waals surface area contributed by atoms with E-state index in [9.17, 15) is 18.3 Å². The molecule has 0 bridgehead atoms. The third kappa shape index (κ3) is 3.45. The van der Waals surface area contributed by atoms with Gasteiger partial charge in [0.15, 0.2) is 0 Å². The van der Waals surface area contributed by atoms with Crippen molar-refractivity contribution in [1.82, 2.24) is 14.8 Å². The molecule has 0 aliphatic rings. The second-order valence-corrected chi connectivity index (χ2v) is 6.43. The van der Waals surface area contributed by atoms with Crippen LogP contribution in [0.5, 0.6) is 0 Å². The van der Waals surface area contributed by atoms with Crippen LogP contribution >= 0.6 is 15.9 Å². The summed E-state index contributed by atoms with van der Waals surface area (Å²) in [5.41, 5.74) is -0.126. The molecule has 0 spiro atoms. The lowest BCUT2D eigenvalue weighted by Crippen LogP contribution is -2.14. The van der Waals surface area contributed by atoms with Crippen molar-refractivity contribution in [3.63, 3.8) is 0 Å². The van der Waals surface area contributed by atoms with Gasteiger partial charge in [-0.15, -0.1) is 0 Å². The molecule has 0 aliphatic heterocycles. The van der Waals surface area contributed by atoms with E-state index in [0.29, 0.717) is 10.4 Å². The topological polar surface area (TPSA) is 50.9 Å². The lowest BCUT2D eigenvalue weighted by molar-refractivity contribution is 0.161. The van der Waals surface area contributed by atoms with Gasteiger partial charge in [-0.05, 0) is 47.1 Å². The fourth-order valence-corrected chi connectivity index (χ4v) is 2.65. The molecule has 1 N–H and O–H groups in total. The maximum absolute atomic E-state index is 14.9. The average Bonchev–Trinajstić information content (AvgIpc) is 2.84. The minimum atomic E-state index is -1.26. The summed E-state index contributed by atoms with van der Waals surface area (Å²) in [6, 6.07) is 7.63. The number of rotatable bonds is 4. The molecule has 1 unspecified atom stereocenters. The van der Waals surface area contributed by atoms with Crippen molar-refractivity contribution in [2.45, 2.75) is 19.6 Å². The Balaban J connectivity index is 2.10. The van der Waals surface area contributed by atoms with Crippen LogP contribution in [0.1, 0.15) is 6.92 Å². The molecule has 25 heavy (non-hydrogen) atoms. The molecule has 130 valence electrons. The minimum absolute atomic E-state index is 0.148. The number of pyridine rings is 1. The van der Waals surface area contributed by atoms with Gasteiger partial charge in [0, 0.05) is 21.8 Å². The Labute approximate surface area is 150 Å². The summed E-state index contributed by atoms with van der Waals surface area (Å²) >= 11 is 3.25. The van der Waals surface area contributed by atoms with E-state index in [-0.39, 0.29) is 17.7 Å². The van der Waals surface area contributed by atoms with E-state index in [0.717, 1.165) is 4.47 Å². The fraction of sp³-hybridized carbons (Fsp3) is 0.176. The van der Waals surface area contributed by atoms with Crippen molar-refractivity contribution in [2.24, 2.45) is 0 Å². The van der Waals surface area contributed by atoms with Gasteiger partial charge in [0.05, 0.1) is 18.3 Å². The Morgan fingerprint density at radius 2 is 1.84 bits per heavy atom. The molecule has 2 heterocycles. The number of aromatic nitrogens is 3. The van der Waals surface area contributed by atoms with Crippen LogP contribution < -0.4 is 0 Å². The lowest BCUT2D eigenvalue weighted by atomic mass is 10.0. The van der Waals surface area contributed by atoms with Crippen molar-refractivity contribution in [2.75, 3.05) is 0 Å². The number of halogens is 4. The first kappa shape index (κ1) is 17.6. The highest BCUT2D eigenvalue weighted by Gasteiger charge is 2.23. The summed E-state index contributed by atoms with van der Waals surface area (Å²) < 4.78 is 44.4. The smallest absolute Gasteiger partial charge is 0.248 e. The molecule has 0 radical (unpaired) electrons. The molecule has 1 aromatic carbocycles. The third-order valence-corrected chi connectivity index (χ3v) is 4.00. The van der Waals surface area contributed by atoms with Gasteiger partial charge in [-0.1, -0.05) is 6.07 Å². The molecule has 0 aliphatic carbocycles. The molecule has 0 saturated carbocycles. The van der Waals surface area contributed by atoms with E-state index >= 15 is 0 Å². The van der Waals surface area contributed by atoms with Crippen LogP contribution in [0, 0.1) is 17.6 Å². The predicted octanol–water partition coefficient (Wildman–Crippen LogP) is 4.17. The first-order valence-electron chi connectivity index (χ1n) is 7.39. The molecule has 3 aromatic rings. The molecule has 4 nitrogen and oxygen atoms in total. The first-order valence-corrected chi connectivity index (χ1v) is 8.18. The second-order valence-electron chi connectivity index (χ2n) is 5.51. The van der Waals surface area contributed by atoms with Crippen LogP contribution in [0.3, 0.4) is 0 Å². The Morgan fingerprint density at radius 1 is 1.12 bits per heavy atom. The Morgan fingerprint density at radius 3 is 2.48 bits per heavy atom. The summed E-state index contributed by atoms with van der Waals surface area (Å²) in [7, 11) is 0. The summed E-state index contributed by atoms with van der Waals surface area (Å²) in [5.74, 6) is -3.26. The fourth-order valence-electron chi connectivity index (χ4n) is 2.41. The van der Waals surface area contributed by atoms with Crippen molar-refractivity contribution in [1.29, 1.82) is 0 Å². The van der Waals surface area contributed by atoms with E-state index in [1.807, 2.05) is 0 Å². The standard InChI is InChI=1S/C17H13BrF3N3O/c1-9(25)8-24-17(21)15(20)16(23-24)12-4-2-3-11(14(12)19)13-6-5-10(18)7-22-13/h2-7,9,25H,8H2,1H3. The quantitative estimate of drug-likeness (QED) is 0.700. The summed E-state index contributed by atoms with van der Waals surface area (Å²) in [6.07, 6.45) is 0.587. The summed E-state index contributed by atoms with van der Waals surface area (Å²) in [4.78, 5) is 4.12. The number of benzene rings is 1. The zero-order valence-corrected chi connectivity index (χ0v) is 14.6. The zero-order valence-electron chi connectivity index (χ0n) is 13.0. The van der Waals surface area contributed by atoms with E-state index in [4.69, 9.17) is 0 Å². The molecule has 0 fully saturated rings. The zero-order chi connectivity index (χ0) is 18.1. The monoisotopic (exact) mass is 411 g/mol. The van der Waals surface area contributed by atoms with Crippen LogP contribution in [-0.2, 0) is 6.54 Å². The van der Waals surface area contributed by atoms with Gasteiger partial charge in [0.25, 0.3) is 0 Å². The molecular formula is C17H13BrF3N3O. The van der Waals surface area contributed by atoms with Gasteiger partial charge in [-0.2, -0.15) is 13.9 Å². The highest BCUT2D eigenvalue weighted by molar-refractivity contribution is 9.10. The van der Waals surface area contributed by atoms with Gasteiger partial charge in [0.1, 0.15) is 11.5 Å². The lowest BCUT2D eigenvalue weighted by Gasteiger charge is -2.07. The van der Waals surface area contributed by atoms with Gasteiger partial charge in [-0.3, -0.25) is 4.98 Å². The molecule has 0 saturated heterocycles. The predicted molar refractivity (Wildman–Crippen MR) is 90.1 cm³/mol. The second kappa shape index (κ2) is 6.97.